The second-order valence-electron chi connectivity index (χ2n) is 4.55. The van der Waals surface area contributed by atoms with Crippen molar-refractivity contribution in [1.82, 2.24) is 4.31 Å². The second kappa shape index (κ2) is 6.18. The summed E-state index contributed by atoms with van der Waals surface area (Å²) in [7, 11) is -6.90. The van der Waals surface area contributed by atoms with Crippen LogP contribution in [0.1, 0.15) is 6.92 Å². The number of hydrogen-bond acceptors (Lipinski definition) is 5. The molecule has 0 radical (unpaired) electrons. The van der Waals surface area contributed by atoms with E-state index in [0.717, 1.165) is 32.4 Å². The maximum Gasteiger partial charge on any atom is 0.321 e. The van der Waals surface area contributed by atoms with E-state index in [9.17, 15) is 26.0 Å². The summed E-state index contributed by atoms with van der Waals surface area (Å²) in [6.45, 7) is 1.16. The number of likely N-dealkylation sites (N-methyl/N-ethyl adjacent to an activating group) is 1. The third-order valence-corrected chi connectivity index (χ3v) is 5.33. The molecule has 0 aromatic heterocycles. The molecule has 0 saturated carbocycles. The van der Waals surface area contributed by atoms with Crippen molar-refractivity contribution in [1.29, 1.82) is 0 Å². The molecule has 2 N–H and O–H groups in total. The fourth-order valence-corrected chi connectivity index (χ4v) is 3.37. The van der Waals surface area contributed by atoms with Gasteiger partial charge in [-0.15, -0.1) is 0 Å². The Balaban J connectivity index is 3.23. The Bertz CT molecular complexity index is 791. The molecular weight excluding hydrogens is 339 g/mol. The molecule has 0 fully saturated rings. The number of anilines is 1. The molecule has 1 unspecified atom stereocenters. The Hall–Kier alpha value is -1.72. The number of benzene rings is 1. The Kier molecular flexibility index (Phi) is 5.15. The number of aliphatic carboxylic acids is 1. The fraction of sp³-hybridized carbons (Fsp3) is 0.364. The molecule has 0 aliphatic carbocycles. The minimum absolute atomic E-state index is 0.407. The molecule has 0 aliphatic rings. The van der Waals surface area contributed by atoms with Crippen LogP contribution < -0.4 is 4.72 Å². The van der Waals surface area contributed by atoms with Gasteiger partial charge in [-0.2, -0.15) is 4.31 Å². The number of halogens is 1. The van der Waals surface area contributed by atoms with E-state index in [1.807, 2.05) is 4.72 Å². The van der Waals surface area contributed by atoms with Crippen LogP contribution in [-0.4, -0.2) is 51.6 Å². The van der Waals surface area contributed by atoms with Crippen LogP contribution >= 0.6 is 0 Å². The SMILES string of the molecule is CC(C(=O)O)N(C)S(=O)(=O)c1ccc(NS(C)(=O)=O)c(F)c1. The molecule has 0 saturated heterocycles. The predicted octanol–water partition coefficient (Wildman–Crippen LogP) is 0.291. The number of carboxylic acids is 1. The normalized spacial score (nSPS) is 13.9. The molecule has 0 amide bonds. The van der Waals surface area contributed by atoms with E-state index in [4.69, 9.17) is 5.11 Å². The first-order valence-corrected chi connectivity index (χ1v) is 9.17. The summed E-state index contributed by atoms with van der Waals surface area (Å²) >= 11 is 0. The lowest BCUT2D eigenvalue weighted by atomic mass is 10.3. The van der Waals surface area contributed by atoms with Gasteiger partial charge < -0.3 is 5.11 Å². The maximum atomic E-state index is 13.8. The van der Waals surface area contributed by atoms with Crippen LogP contribution in [0.3, 0.4) is 0 Å². The van der Waals surface area contributed by atoms with Gasteiger partial charge in [-0.1, -0.05) is 0 Å². The van der Waals surface area contributed by atoms with Crippen LogP contribution in [0.25, 0.3) is 0 Å². The molecule has 0 heterocycles. The van der Waals surface area contributed by atoms with Gasteiger partial charge >= 0.3 is 5.97 Å². The van der Waals surface area contributed by atoms with Gasteiger partial charge in [0.05, 0.1) is 16.8 Å². The van der Waals surface area contributed by atoms with E-state index >= 15 is 0 Å². The first-order valence-electron chi connectivity index (χ1n) is 5.84. The van der Waals surface area contributed by atoms with Crippen molar-refractivity contribution in [3.63, 3.8) is 0 Å². The van der Waals surface area contributed by atoms with E-state index < -0.39 is 48.5 Å². The molecule has 1 rings (SSSR count). The highest BCUT2D eigenvalue weighted by atomic mass is 32.2. The first kappa shape index (κ1) is 18.3. The number of nitrogens with zero attached hydrogens (tertiary/aromatic N) is 1. The van der Waals surface area contributed by atoms with E-state index in [-0.39, 0.29) is 0 Å². The van der Waals surface area contributed by atoms with Gasteiger partial charge in [0.2, 0.25) is 20.0 Å². The van der Waals surface area contributed by atoms with Crippen molar-refractivity contribution in [2.45, 2.75) is 17.9 Å². The molecule has 11 heteroatoms. The lowest BCUT2D eigenvalue weighted by Gasteiger charge is -2.21. The number of nitrogens with one attached hydrogen (secondary N) is 1. The molecule has 1 atom stereocenters. The zero-order valence-corrected chi connectivity index (χ0v) is 13.6. The first-order chi connectivity index (χ1) is 9.86. The largest absolute Gasteiger partial charge is 0.480 e. The summed E-state index contributed by atoms with van der Waals surface area (Å²) in [4.78, 5) is 10.4. The Morgan fingerprint density at radius 3 is 2.27 bits per heavy atom. The monoisotopic (exact) mass is 354 g/mol. The molecule has 0 spiro atoms. The van der Waals surface area contributed by atoms with Crippen LogP contribution in [0.5, 0.6) is 0 Å². The molecule has 22 heavy (non-hydrogen) atoms. The van der Waals surface area contributed by atoms with Gasteiger partial charge in [0.1, 0.15) is 11.9 Å². The lowest BCUT2D eigenvalue weighted by Crippen LogP contribution is -2.40. The van der Waals surface area contributed by atoms with E-state index in [1.54, 1.807) is 0 Å². The van der Waals surface area contributed by atoms with Gasteiger partial charge in [-0.3, -0.25) is 9.52 Å². The number of carboxylic acid groups (broad SMARTS) is 1. The van der Waals surface area contributed by atoms with Crippen LogP contribution in [0, 0.1) is 5.82 Å². The highest BCUT2D eigenvalue weighted by molar-refractivity contribution is 7.92. The van der Waals surface area contributed by atoms with Crippen molar-refractivity contribution < 1.29 is 31.1 Å². The zero-order chi connectivity index (χ0) is 17.3. The minimum atomic E-state index is -4.23. The van der Waals surface area contributed by atoms with E-state index in [1.165, 1.54) is 0 Å². The summed E-state index contributed by atoms with van der Waals surface area (Å²) in [5.74, 6) is -2.45. The van der Waals surface area contributed by atoms with E-state index in [2.05, 4.69) is 0 Å². The van der Waals surface area contributed by atoms with Gasteiger partial charge in [0.15, 0.2) is 0 Å². The van der Waals surface area contributed by atoms with Gasteiger partial charge in [0.25, 0.3) is 0 Å². The summed E-state index contributed by atoms with van der Waals surface area (Å²) < 4.78 is 62.7. The number of hydrogen-bond donors (Lipinski definition) is 2. The second-order valence-corrected chi connectivity index (χ2v) is 8.30. The third kappa shape index (κ3) is 4.15. The molecule has 124 valence electrons. The van der Waals surface area contributed by atoms with Crippen molar-refractivity contribution >= 4 is 31.7 Å². The number of rotatable bonds is 6. The average Bonchev–Trinajstić information content (AvgIpc) is 2.37. The lowest BCUT2D eigenvalue weighted by molar-refractivity contribution is -0.140. The molecule has 0 aliphatic heterocycles. The summed E-state index contributed by atoms with van der Waals surface area (Å²) in [6.07, 6.45) is 0.819. The highest BCUT2D eigenvalue weighted by Gasteiger charge is 2.30. The Morgan fingerprint density at radius 1 is 1.32 bits per heavy atom. The van der Waals surface area contributed by atoms with Crippen LogP contribution in [0.4, 0.5) is 10.1 Å². The summed E-state index contributed by atoms with van der Waals surface area (Å²) in [5.41, 5.74) is -0.407. The standard InChI is InChI=1S/C11H15FN2O6S2/c1-7(11(15)16)14(2)22(19,20)8-4-5-10(9(12)6-8)13-21(3,17)18/h4-7,13H,1-3H3,(H,15,16). The van der Waals surface area contributed by atoms with Crippen LogP contribution in [0.15, 0.2) is 23.1 Å². The Morgan fingerprint density at radius 2 is 1.86 bits per heavy atom. The van der Waals surface area contributed by atoms with Crippen molar-refractivity contribution in [2.75, 3.05) is 18.0 Å². The molecule has 1 aromatic rings. The summed E-state index contributed by atoms with van der Waals surface area (Å²) in [5, 5.41) is 8.83. The molecule has 1 aromatic carbocycles. The topological polar surface area (TPSA) is 121 Å². The van der Waals surface area contributed by atoms with E-state index in [0.29, 0.717) is 10.4 Å². The molecular formula is C11H15FN2O6S2. The Labute approximate surface area is 127 Å². The fourth-order valence-electron chi connectivity index (χ4n) is 1.47. The third-order valence-electron chi connectivity index (χ3n) is 2.82. The maximum absolute atomic E-state index is 13.8. The zero-order valence-electron chi connectivity index (χ0n) is 11.9. The van der Waals surface area contributed by atoms with Crippen LogP contribution in [0.2, 0.25) is 0 Å². The quantitative estimate of drug-likeness (QED) is 0.757. The summed E-state index contributed by atoms with van der Waals surface area (Å²) in [6, 6.07) is 1.20. The minimum Gasteiger partial charge on any atom is -0.480 e. The van der Waals surface area contributed by atoms with Gasteiger partial charge in [-0.05, 0) is 25.1 Å². The number of sulfonamides is 2. The highest BCUT2D eigenvalue weighted by Crippen LogP contribution is 2.22. The smallest absolute Gasteiger partial charge is 0.321 e. The van der Waals surface area contributed by atoms with Crippen molar-refractivity contribution in [3.8, 4) is 0 Å². The van der Waals surface area contributed by atoms with Crippen molar-refractivity contribution in [2.24, 2.45) is 0 Å². The van der Waals surface area contributed by atoms with Gasteiger partial charge in [-0.25, -0.2) is 21.2 Å². The predicted molar refractivity (Wildman–Crippen MR) is 76.9 cm³/mol. The van der Waals surface area contributed by atoms with Gasteiger partial charge in [0, 0.05) is 7.05 Å². The molecule has 0 bridgehead atoms. The van der Waals surface area contributed by atoms with Crippen molar-refractivity contribution in [3.05, 3.63) is 24.0 Å². The number of carbonyl (C=O) groups is 1. The van der Waals surface area contributed by atoms with Crippen LogP contribution in [-0.2, 0) is 24.8 Å². The average molecular weight is 354 g/mol. The molecule has 8 nitrogen and oxygen atoms in total.